The Labute approximate surface area is 126 Å². The molecule has 116 valence electrons. The number of carboxylic acids is 1. The zero-order chi connectivity index (χ0) is 15.2. The van der Waals surface area contributed by atoms with Crippen molar-refractivity contribution in [2.45, 2.75) is 26.7 Å². The van der Waals surface area contributed by atoms with Crippen molar-refractivity contribution in [1.29, 1.82) is 0 Å². The summed E-state index contributed by atoms with van der Waals surface area (Å²) in [5.41, 5.74) is 0.290. The van der Waals surface area contributed by atoms with Crippen molar-refractivity contribution in [3.63, 3.8) is 0 Å². The highest BCUT2D eigenvalue weighted by molar-refractivity contribution is 5.87. The number of likely N-dealkylation sites (tertiary alicyclic amines) is 1. The Kier molecular flexibility index (Phi) is 5.62. The zero-order valence-electron chi connectivity index (χ0n) is 12.9. The molecule has 0 spiro atoms. The fourth-order valence-electron chi connectivity index (χ4n) is 3.15. The number of carbonyl (C=O) groups is 1. The minimum absolute atomic E-state index is 0.290. The molecule has 4 heteroatoms. The van der Waals surface area contributed by atoms with Crippen LogP contribution >= 0.6 is 0 Å². The predicted molar refractivity (Wildman–Crippen MR) is 82.9 cm³/mol. The third kappa shape index (κ3) is 5.05. The molecule has 1 saturated heterocycles. The van der Waals surface area contributed by atoms with Crippen LogP contribution in [-0.2, 0) is 0 Å². The third-order valence-corrected chi connectivity index (χ3v) is 3.93. The van der Waals surface area contributed by atoms with E-state index in [2.05, 4.69) is 18.7 Å². The van der Waals surface area contributed by atoms with Crippen LogP contribution < -0.4 is 4.74 Å². The quantitative estimate of drug-likeness (QED) is 0.818. The molecule has 0 bridgehead atoms. The molecule has 0 aromatic heterocycles. The highest BCUT2D eigenvalue weighted by atomic mass is 16.5. The van der Waals surface area contributed by atoms with Crippen molar-refractivity contribution in [3.8, 4) is 5.75 Å². The topological polar surface area (TPSA) is 49.8 Å². The molecular formula is C17H25NO3. The SMILES string of the molecule is CC1CC(C)CN(CCCOc2ccc(C(=O)O)cc2)C1. The van der Waals surface area contributed by atoms with E-state index < -0.39 is 5.97 Å². The summed E-state index contributed by atoms with van der Waals surface area (Å²) in [6.45, 7) is 8.77. The summed E-state index contributed by atoms with van der Waals surface area (Å²) in [7, 11) is 0. The van der Waals surface area contributed by atoms with Gasteiger partial charge in [-0.2, -0.15) is 0 Å². The van der Waals surface area contributed by atoms with Crippen LogP contribution in [0.15, 0.2) is 24.3 Å². The second kappa shape index (κ2) is 7.46. The number of rotatable bonds is 6. The summed E-state index contributed by atoms with van der Waals surface area (Å²) in [5.74, 6) is 1.41. The first kappa shape index (κ1) is 15.8. The van der Waals surface area contributed by atoms with Gasteiger partial charge in [0.15, 0.2) is 0 Å². The molecule has 2 unspecified atom stereocenters. The Morgan fingerprint density at radius 1 is 1.24 bits per heavy atom. The molecule has 0 radical (unpaired) electrons. The number of piperidine rings is 1. The number of hydrogen-bond acceptors (Lipinski definition) is 3. The molecular weight excluding hydrogens is 266 g/mol. The minimum Gasteiger partial charge on any atom is -0.494 e. The van der Waals surface area contributed by atoms with E-state index in [0.29, 0.717) is 12.2 Å². The Bertz CT molecular complexity index is 448. The van der Waals surface area contributed by atoms with E-state index in [1.807, 2.05) is 0 Å². The molecule has 0 amide bonds. The van der Waals surface area contributed by atoms with Crippen LogP contribution in [0, 0.1) is 11.8 Å². The second-order valence-corrected chi connectivity index (χ2v) is 6.24. The van der Waals surface area contributed by atoms with Gasteiger partial charge in [0, 0.05) is 19.6 Å². The molecule has 1 heterocycles. The van der Waals surface area contributed by atoms with E-state index in [-0.39, 0.29) is 0 Å². The number of nitrogens with zero attached hydrogens (tertiary/aromatic N) is 1. The van der Waals surface area contributed by atoms with Crippen molar-refractivity contribution in [3.05, 3.63) is 29.8 Å². The number of carboxylic acid groups (broad SMARTS) is 1. The van der Waals surface area contributed by atoms with E-state index in [4.69, 9.17) is 9.84 Å². The van der Waals surface area contributed by atoms with Gasteiger partial charge >= 0.3 is 5.97 Å². The van der Waals surface area contributed by atoms with Crippen molar-refractivity contribution in [2.75, 3.05) is 26.2 Å². The monoisotopic (exact) mass is 291 g/mol. The van der Waals surface area contributed by atoms with Gasteiger partial charge in [0.2, 0.25) is 0 Å². The smallest absolute Gasteiger partial charge is 0.335 e. The van der Waals surface area contributed by atoms with Crippen LogP contribution in [0.1, 0.15) is 37.0 Å². The van der Waals surface area contributed by atoms with Gasteiger partial charge in [0.05, 0.1) is 12.2 Å². The molecule has 1 fully saturated rings. The first-order chi connectivity index (χ1) is 10.0. The normalized spacial score (nSPS) is 23.0. The Hall–Kier alpha value is -1.55. The van der Waals surface area contributed by atoms with Crippen LogP contribution in [-0.4, -0.2) is 42.2 Å². The molecule has 0 aliphatic carbocycles. The fraction of sp³-hybridized carbons (Fsp3) is 0.588. The summed E-state index contributed by atoms with van der Waals surface area (Å²) < 4.78 is 5.67. The van der Waals surface area contributed by atoms with Crippen molar-refractivity contribution < 1.29 is 14.6 Å². The molecule has 1 N–H and O–H groups in total. The first-order valence-electron chi connectivity index (χ1n) is 7.73. The van der Waals surface area contributed by atoms with Gasteiger partial charge in [0.1, 0.15) is 5.75 Å². The van der Waals surface area contributed by atoms with Gasteiger partial charge in [-0.15, -0.1) is 0 Å². The average Bonchev–Trinajstić information content (AvgIpc) is 2.43. The molecule has 4 nitrogen and oxygen atoms in total. The summed E-state index contributed by atoms with van der Waals surface area (Å²) in [4.78, 5) is 13.3. The average molecular weight is 291 g/mol. The number of ether oxygens (including phenoxy) is 1. The lowest BCUT2D eigenvalue weighted by Crippen LogP contribution is -2.39. The Morgan fingerprint density at radius 3 is 2.43 bits per heavy atom. The van der Waals surface area contributed by atoms with Gasteiger partial charge in [-0.1, -0.05) is 13.8 Å². The maximum absolute atomic E-state index is 10.8. The van der Waals surface area contributed by atoms with Crippen LogP contribution in [0.2, 0.25) is 0 Å². The molecule has 21 heavy (non-hydrogen) atoms. The number of benzene rings is 1. The molecule has 1 aliphatic heterocycles. The Morgan fingerprint density at radius 2 is 1.86 bits per heavy atom. The molecule has 2 atom stereocenters. The van der Waals surface area contributed by atoms with E-state index in [1.165, 1.54) is 19.5 Å². The van der Waals surface area contributed by atoms with E-state index in [9.17, 15) is 4.79 Å². The van der Waals surface area contributed by atoms with Gasteiger partial charge < -0.3 is 14.7 Å². The fourth-order valence-corrected chi connectivity index (χ4v) is 3.15. The van der Waals surface area contributed by atoms with Crippen LogP contribution in [0.4, 0.5) is 0 Å². The van der Waals surface area contributed by atoms with E-state index >= 15 is 0 Å². The maximum Gasteiger partial charge on any atom is 0.335 e. The molecule has 0 saturated carbocycles. The van der Waals surface area contributed by atoms with Gasteiger partial charge in [-0.05, 0) is 48.9 Å². The largest absolute Gasteiger partial charge is 0.494 e. The lowest BCUT2D eigenvalue weighted by atomic mass is 9.92. The Balaban J connectivity index is 1.68. The summed E-state index contributed by atoms with van der Waals surface area (Å²) in [6, 6.07) is 6.58. The number of aromatic carboxylic acids is 1. The summed E-state index contributed by atoms with van der Waals surface area (Å²) >= 11 is 0. The highest BCUT2D eigenvalue weighted by Gasteiger charge is 2.20. The summed E-state index contributed by atoms with van der Waals surface area (Å²) in [5, 5.41) is 8.83. The second-order valence-electron chi connectivity index (χ2n) is 6.24. The van der Waals surface area contributed by atoms with E-state index in [1.54, 1.807) is 24.3 Å². The van der Waals surface area contributed by atoms with Crippen LogP contribution in [0.3, 0.4) is 0 Å². The molecule has 1 aromatic carbocycles. The highest BCUT2D eigenvalue weighted by Crippen LogP contribution is 2.21. The minimum atomic E-state index is -0.908. The van der Waals surface area contributed by atoms with Gasteiger partial charge in [-0.25, -0.2) is 4.79 Å². The molecule has 1 aliphatic rings. The van der Waals surface area contributed by atoms with Gasteiger partial charge in [-0.3, -0.25) is 0 Å². The molecule has 1 aromatic rings. The lowest BCUT2D eigenvalue weighted by molar-refractivity contribution is 0.0697. The first-order valence-corrected chi connectivity index (χ1v) is 7.73. The maximum atomic E-state index is 10.8. The molecule has 2 rings (SSSR count). The van der Waals surface area contributed by atoms with Crippen LogP contribution in [0.5, 0.6) is 5.75 Å². The van der Waals surface area contributed by atoms with Gasteiger partial charge in [0.25, 0.3) is 0 Å². The third-order valence-electron chi connectivity index (χ3n) is 3.93. The number of hydrogen-bond donors (Lipinski definition) is 1. The van der Waals surface area contributed by atoms with E-state index in [0.717, 1.165) is 30.6 Å². The summed E-state index contributed by atoms with van der Waals surface area (Å²) in [6.07, 6.45) is 2.34. The van der Waals surface area contributed by atoms with Crippen molar-refractivity contribution >= 4 is 5.97 Å². The zero-order valence-corrected chi connectivity index (χ0v) is 12.9. The van der Waals surface area contributed by atoms with Crippen LogP contribution in [0.25, 0.3) is 0 Å². The standard InChI is InChI=1S/C17H25NO3/c1-13-10-14(2)12-18(11-13)8-3-9-21-16-6-4-15(5-7-16)17(19)20/h4-7,13-14H,3,8-12H2,1-2H3,(H,19,20). The predicted octanol–water partition coefficient (Wildman–Crippen LogP) is 3.13. The van der Waals surface area contributed by atoms with Crippen molar-refractivity contribution in [2.24, 2.45) is 11.8 Å². The van der Waals surface area contributed by atoms with Crippen molar-refractivity contribution in [1.82, 2.24) is 4.90 Å². The lowest BCUT2D eigenvalue weighted by Gasteiger charge is -2.34.